The lowest BCUT2D eigenvalue weighted by atomic mass is 10.2. The molecule has 0 saturated carbocycles. The molecule has 0 aliphatic heterocycles. The van der Waals surface area contributed by atoms with Gasteiger partial charge in [0.05, 0.1) is 0 Å². The van der Waals surface area contributed by atoms with Gasteiger partial charge in [-0.3, -0.25) is 0 Å². The molecule has 1 aromatic carbocycles. The summed E-state index contributed by atoms with van der Waals surface area (Å²) in [6, 6.07) is 5.31. The van der Waals surface area contributed by atoms with E-state index in [1.165, 1.54) is 0 Å². The summed E-state index contributed by atoms with van der Waals surface area (Å²) in [6.45, 7) is 1.85. The van der Waals surface area contributed by atoms with Gasteiger partial charge in [-0.15, -0.1) is 6.42 Å². The molecule has 19 heavy (non-hydrogen) atoms. The maximum atomic E-state index is 11.7. The summed E-state index contributed by atoms with van der Waals surface area (Å²) < 4.78 is 0. The number of carbonyl (C=O) groups is 2. The Hall–Kier alpha value is -2.48. The summed E-state index contributed by atoms with van der Waals surface area (Å²) in [4.78, 5) is 22.6. The Morgan fingerprint density at radius 3 is 2.79 bits per heavy atom. The lowest BCUT2D eigenvalue weighted by Crippen LogP contribution is -2.42. The van der Waals surface area contributed by atoms with E-state index >= 15 is 0 Å². The van der Waals surface area contributed by atoms with Crippen LogP contribution in [0.25, 0.3) is 0 Å². The minimum absolute atomic E-state index is 0.382. The Kier molecular flexibility index (Phi) is 5.42. The topological polar surface area (TPSA) is 78.4 Å². The van der Waals surface area contributed by atoms with Crippen LogP contribution in [0.5, 0.6) is 0 Å². The van der Waals surface area contributed by atoms with Crippen LogP contribution in [0.4, 0.5) is 10.5 Å². The van der Waals surface area contributed by atoms with Gasteiger partial charge >= 0.3 is 12.0 Å². The van der Waals surface area contributed by atoms with Gasteiger partial charge in [0.15, 0.2) is 0 Å². The van der Waals surface area contributed by atoms with Crippen molar-refractivity contribution in [2.75, 3.05) is 5.32 Å². The second-order valence-electron chi connectivity index (χ2n) is 4.00. The van der Waals surface area contributed by atoms with Gasteiger partial charge < -0.3 is 15.7 Å². The average molecular weight is 260 g/mol. The molecule has 5 nitrogen and oxygen atoms in total. The molecule has 0 radical (unpaired) electrons. The highest BCUT2D eigenvalue weighted by atomic mass is 16.4. The summed E-state index contributed by atoms with van der Waals surface area (Å²) in [5, 5.41) is 13.9. The van der Waals surface area contributed by atoms with E-state index in [0.29, 0.717) is 24.1 Å². The molecule has 0 heterocycles. The van der Waals surface area contributed by atoms with Crippen LogP contribution in [0.2, 0.25) is 0 Å². The molecule has 5 heteroatoms. The summed E-state index contributed by atoms with van der Waals surface area (Å²) in [5.74, 6) is 1.41. The smallest absolute Gasteiger partial charge is 0.326 e. The molecule has 0 bridgehead atoms. The number of terminal acetylenes is 1. The lowest BCUT2D eigenvalue weighted by molar-refractivity contribution is -0.139. The van der Waals surface area contributed by atoms with Gasteiger partial charge in [-0.25, -0.2) is 9.59 Å². The zero-order chi connectivity index (χ0) is 14.3. The third-order valence-electron chi connectivity index (χ3n) is 2.47. The second-order valence-corrected chi connectivity index (χ2v) is 4.00. The van der Waals surface area contributed by atoms with Gasteiger partial charge in [-0.05, 0) is 24.6 Å². The van der Waals surface area contributed by atoms with Gasteiger partial charge in [-0.2, -0.15) is 0 Å². The molecule has 2 amide bonds. The molecule has 0 aliphatic carbocycles. The maximum absolute atomic E-state index is 11.7. The first-order valence-corrected chi connectivity index (χ1v) is 5.93. The van der Waals surface area contributed by atoms with Crippen molar-refractivity contribution in [2.24, 2.45) is 0 Å². The number of carbonyl (C=O) groups excluding carboxylic acids is 1. The van der Waals surface area contributed by atoms with E-state index in [4.69, 9.17) is 11.5 Å². The van der Waals surface area contributed by atoms with Crippen LogP contribution in [-0.4, -0.2) is 23.1 Å². The Morgan fingerprint density at radius 1 is 1.47 bits per heavy atom. The molecular weight excluding hydrogens is 244 g/mol. The fraction of sp³-hybridized carbons (Fsp3) is 0.286. The van der Waals surface area contributed by atoms with Crippen molar-refractivity contribution in [1.29, 1.82) is 0 Å². The van der Waals surface area contributed by atoms with Crippen LogP contribution in [0, 0.1) is 12.3 Å². The lowest BCUT2D eigenvalue weighted by Gasteiger charge is -2.14. The fourth-order valence-corrected chi connectivity index (χ4v) is 1.56. The van der Waals surface area contributed by atoms with Crippen LogP contribution >= 0.6 is 0 Å². The predicted octanol–water partition coefficient (Wildman–Crippen LogP) is 2.04. The number of carboxylic acids is 1. The Labute approximate surface area is 112 Å². The largest absolute Gasteiger partial charge is 0.480 e. The highest BCUT2D eigenvalue weighted by molar-refractivity contribution is 5.92. The fourth-order valence-electron chi connectivity index (χ4n) is 1.56. The Balaban J connectivity index is 2.63. The molecule has 0 aliphatic rings. The number of hydrogen-bond acceptors (Lipinski definition) is 2. The summed E-state index contributed by atoms with van der Waals surface area (Å²) in [6.07, 6.45) is 6.31. The van der Waals surface area contributed by atoms with Crippen molar-refractivity contribution >= 4 is 17.7 Å². The number of rotatable bonds is 5. The van der Waals surface area contributed by atoms with Crippen molar-refractivity contribution in [3.8, 4) is 12.3 Å². The second kappa shape index (κ2) is 7.07. The molecule has 1 rings (SSSR count). The first-order valence-electron chi connectivity index (χ1n) is 5.93. The quantitative estimate of drug-likeness (QED) is 0.709. The summed E-state index contributed by atoms with van der Waals surface area (Å²) in [7, 11) is 0. The average Bonchev–Trinajstić information content (AvgIpc) is 2.38. The van der Waals surface area contributed by atoms with Crippen molar-refractivity contribution in [3.63, 3.8) is 0 Å². The van der Waals surface area contributed by atoms with E-state index in [1.54, 1.807) is 24.3 Å². The van der Waals surface area contributed by atoms with Crippen LogP contribution in [0.15, 0.2) is 24.3 Å². The number of benzene rings is 1. The number of urea groups is 1. The summed E-state index contributed by atoms with van der Waals surface area (Å²) >= 11 is 0. The van der Waals surface area contributed by atoms with Gasteiger partial charge in [-0.1, -0.05) is 25.3 Å². The highest BCUT2D eigenvalue weighted by Crippen LogP contribution is 2.09. The van der Waals surface area contributed by atoms with Crippen LogP contribution in [0.1, 0.15) is 25.3 Å². The molecular formula is C14H16N2O3. The number of amides is 2. The molecule has 100 valence electrons. The predicted molar refractivity (Wildman–Crippen MR) is 72.9 cm³/mol. The van der Waals surface area contributed by atoms with Gasteiger partial charge in [0, 0.05) is 11.3 Å². The third-order valence-corrected chi connectivity index (χ3v) is 2.47. The zero-order valence-corrected chi connectivity index (χ0v) is 10.6. The molecule has 1 aromatic rings. The summed E-state index contributed by atoms with van der Waals surface area (Å²) in [5.41, 5.74) is 1.16. The Morgan fingerprint density at radius 2 is 2.21 bits per heavy atom. The molecule has 0 spiro atoms. The normalized spacial score (nSPS) is 11.2. The number of aliphatic carboxylic acids is 1. The van der Waals surface area contributed by atoms with Crippen LogP contribution in [0.3, 0.4) is 0 Å². The van der Waals surface area contributed by atoms with Crippen LogP contribution < -0.4 is 10.6 Å². The first kappa shape index (κ1) is 14.6. The number of nitrogens with one attached hydrogen (secondary N) is 2. The van der Waals surface area contributed by atoms with Gasteiger partial charge in [0.25, 0.3) is 0 Å². The molecule has 0 fully saturated rings. The maximum Gasteiger partial charge on any atom is 0.326 e. The van der Waals surface area contributed by atoms with E-state index < -0.39 is 18.0 Å². The van der Waals surface area contributed by atoms with Gasteiger partial charge in [0.2, 0.25) is 0 Å². The highest BCUT2D eigenvalue weighted by Gasteiger charge is 2.18. The first-order chi connectivity index (χ1) is 9.06. The number of anilines is 1. The molecule has 0 aromatic heterocycles. The van der Waals surface area contributed by atoms with Gasteiger partial charge in [0.1, 0.15) is 6.04 Å². The molecule has 3 N–H and O–H groups in total. The molecule has 0 saturated heterocycles. The van der Waals surface area contributed by atoms with Crippen molar-refractivity contribution in [2.45, 2.75) is 25.8 Å². The minimum atomic E-state index is -1.05. The van der Waals surface area contributed by atoms with Crippen LogP contribution in [-0.2, 0) is 4.79 Å². The van der Waals surface area contributed by atoms with Crippen molar-refractivity contribution in [1.82, 2.24) is 5.32 Å². The van der Waals surface area contributed by atoms with E-state index in [9.17, 15) is 9.59 Å². The molecule has 1 atom stereocenters. The monoisotopic (exact) mass is 260 g/mol. The number of carboxylic acid groups (broad SMARTS) is 1. The Bertz CT molecular complexity index is 506. The molecule has 0 unspecified atom stereocenters. The standard InChI is InChI=1S/C14H16N2O3/c1-3-6-12(13(17)18)16-14(19)15-11-8-5-7-10(4-2)9-11/h2,5,7-9,12H,3,6H2,1H3,(H,17,18)(H2,15,16,19)/t12-/m1/s1. The van der Waals surface area contributed by atoms with E-state index in [2.05, 4.69) is 16.6 Å². The van der Waals surface area contributed by atoms with E-state index in [1.807, 2.05) is 6.92 Å². The third kappa shape index (κ3) is 4.72. The SMILES string of the molecule is C#Cc1cccc(NC(=O)N[C@H](CCC)C(=O)O)c1. The number of hydrogen-bond donors (Lipinski definition) is 3. The van der Waals surface area contributed by atoms with Crippen molar-refractivity contribution < 1.29 is 14.7 Å². The zero-order valence-electron chi connectivity index (χ0n) is 10.6. The minimum Gasteiger partial charge on any atom is -0.480 e. The van der Waals surface area contributed by atoms with E-state index in [0.717, 1.165) is 0 Å². The van der Waals surface area contributed by atoms with Crippen molar-refractivity contribution in [3.05, 3.63) is 29.8 Å². The van der Waals surface area contributed by atoms with E-state index in [-0.39, 0.29) is 0 Å².